The van der Waals surface area contributed by atoms with Crippen LogP contribution in [0.15, 0.2) is 41.3 Å². The van der Waals surface area contributed by atoms with E-state index < -0.39 is 10.0 Å². The molecule has 2 amide bonds. The van der Waals surface area contributed by atoms with Gasteiger partial charge in [0.25, 0.3) is 0 Å². The maximum absolute atomic E-state index is 12.7. The summed E-state index contributed by atoms with van der Waals surface area (Å²) in [6.07, 6.45) is 0.465. The summed E-state index contributed by atoms with van der Waals surface area (Å²) in [6.45, 7) is 9.70. The van der Waals surface area contributed by atoms with E-state index in [1.807, 2.05) is 51.1 Å². The lowest BCUT2D eigenvalue weighted by Gasteiger charge is -2.13. The number of anilines is 1. The van der Waals surface area contributed by atoms with E-state index in [0.717, 1.165) is 11.1 Å². The molecule has 0 unspecified atom stereocenters. The number of benzene rings is 2. The molecule has 32 heavy (non-hydrogen) atoms. The SMILES string of the molecule is Cc1cc(C)c(S(=O)(=O)NCCC(=O)NCc2cccc(NC(=O)CC(C)C)c2)c(C)c1. The fourth-order valence-corrected chi connectivity index (χ4v) is 5.07. The quantitative estimate of drug-likeness (QED) is 0.505. The van der Waals surface area contributed by atoms with Crippen molar-refractivity contribution in [2.45, 2.75) is 58.9 Å². The first-order valence-corrected chi connectivity index (χ1v) is 12.2. The molecule has 2 rings (SSSR count). The molecule has 0 saturated carbocycles. The van der Waals surface area contributed by atoms with Gasteiger partial charge in [0.15, 0.2) is 0 Å². The van der Waals surface area contributed by atoms with E-state index in [-0.39, 0.29) is 42.1 Å². The molecule has 2 aromatic carbocycles. The van der Waals surface area contributed by atoms with E-state index >= 15 is 0 Å². The Bertz CT molecular complexity index is 1060. The lowest BCUT2D eigenvalue weighted by Crippen LogP contribution is -2.31. The zero-order valence-electron chi connectivity index (χ0n) is 19.4. The first kappa shape index (κ1) is 25.5. The van der Waals surface area contributed by atoms with E-state index in [2.05, 4.69) is 15.4 Å². The Labute approximate surface area is 191 Å². The second kappa shape index (κ2) is 11.2. The van der Waals surface area contributed by atoms with Crippen LogP contribution in [0.5, 0.6) is 0 Å². The summed E-state index contributed by atoms with van der Waals surface area (Å²) < 4.78 is 27.8. The van der Waals surface area contributed by atoms with Gasteiger partial charge in [-0.1, -0.05) is 43.7 Å². The molecule has 3 N–H and O–H groups in total. The predicted octanol–water partition coefficient (Wildman–Crippen LogP) is 3.58. The molecule has 0 aromatic heterocycles. The van der Waals surface area contributed by atoms with Gasteiger partial charge in [0, 0.05) is 31.6 Å². The molecule has 0 spiro atoms. The minimum atomic E-state index is -3.70. The van der Waals surface area contributed by atoms with Crippen molar-refractivity contribution in [2.75, 3.05) is 11.9 Å². The summed E-state index contributed by atoms with van der Waals surface area (Å²) in [5.41, 5.74) is 3.88. The lowest BCUT2D eigenvalue weighted by molar-refractivity contribution is -0.121. The molecule has 8 heteroatoms. The molecule has 0 atom stereocenters. The molecule has 0 aliphatic heterocycles. The number of rotatable bonds is 10. The third-order valence-corrected chi connectivity index (χ3v) is 6.58. The van der Waals surface area contributed by atoms with Gasteiger partial charge >= 0.3 is 0 Å². The summed E-state index contributed by atoms with van der Waals surface area (Å²) >= 11 is 0. The van der Waals surface area contributed by atoms with Crippen molar-refractivity contribution in [1.82, 2.24) is 10.0 Å². The van der Waals surface area contributed by atoms with Crippen LogP contribution in [0.2, 0.25) is 0 Å². The molecule has 174 valence electrons. The fourth-order valence-electron chi connectivity index (χ4n) is 3.59. The minimum absolute atomic E-state index is 0.00617. The monoisotopic (exact) mass is 459 g/mol. The Morgan fingerprint density at radius 1 is 0.969 bits per heavy atom. The molecule has 0 bridgehead atoms. The Morgan fingerprint density at radius 2 is 1.62 bits per heavy atom. The molecule has 0 heterocycles. The van der Waals surface area contributed by atoms with Gasteiger partial charge in [-0.2, -0.15) is 0 Å². The summed E-state index contributed by atoms with van der Waals surface area (Å²) in [5.74, 6) is -0.0412. The Kier molecular flexibility index (Phi) is 8.98. The number of hydrogen-bond acceptors (Lipinski definition) is 4. The van der Waals surface area contributed by atoms with Crippen molar-refractivity contribution in [3.8, 4) is 0 Å². The summed E-state index contributed by atoms with van der Waals surface area (Å²) in [6, 6.07) is 10.9. The zero-order valence-corrected chi connectivity index (χ0v) is 20.2. The Hall–Kier alpha value is -2.71. The first-order valence-electron chi connectivity index (χ1n) is 10.7. The minimum Gasteiger partial charge on any atom is -0.352 e. The van der Waals surface area contributed by atoms with E-state index in [4.69, 9.17) is 0 Å². The molecule has 0 saturated heterocycles. The van der Waals surface area contributed by atoms with Gasteiger partial charge in [0.2, 0.25) is 21.8 Å². The van der Waals surface area contributed by atoms with E-state index in [0.29, 0.717) is 23.2 Å². The maximum Gasteiger partial charge on any atom is 0.241 e. The number of carbonyl (C=O) groups excluding carboxylic acids is 2. The zero-order chi connectivity index (χ0) is 23.9. The molecule has 0 aliphatic carbocycles. The highest BCUT2D eigenvalue weighted by Crippen LogP contribution is 2.21. The van der Waals surface area contributed by atoms with Crippen LogP contribution in [0.3, 0.4) is 0 Å². The molecule has 2 aromatic rings. The molecule has 0 radical (unpaired) electrons. The number of amides is 2. The van der Waals surface area contributed by atoms with Gasteiger partial charge in [-0.15, -0.1) is 0 Å². The summed E-state index contributed by atoms with van der Waals surface area (Å²) in [4.78, 5) is 24.4. The van der Waals surface area contributed by atoms with Crippen LogP contribution in [0, 0.1) is 26.7 Å². The third kappa shape index (κ3) is 7.76. The van der Waals surface area contributed by atoms with Crippen LogP contribution in [0.4, 0.5) is 5.69 Å². The van der Waals surface area contributed by atoms with Crippen molar-refractivity contribution in [1.29, 1.82) is 0 Å². The molecular weight excluding hydrogens is 426 g/mol. The number of aryl methyl sites for hydroxylation is 3. The summed E-state index contributed by atoms with van der Waals surface area (Å²) in [7, 11) is -3.70. The van der Waals surface area contributed by atoms with Gasteiger partial charge in [-0.05, 0) is 55.5 Å². The van der Waals surface area contributed by atoms with Crippen LogP contribution in [-0.4, -0.2) is 26.8 Å². The standard InChI is InChI=1S/C24H33N3O4S/c1-16(2)11-23(29)27-21-8-6-7-20(14-21)15-25-22(28)9-10-26-32(30,31)24-18(4)12-17(3)13-19(24)5/h6-8,12-14,16,26H,9-11,15H2,1-5H3,(H,25,28)(H,27,29). The Morgan fingerprint density at radius 3 is 2.25 bits per heavy atom. The lowest BCUT2D eigenvalue weighted by atomic mass is 10.1. The molecular formula is C24H33N3O4S. The van der Waals surface area contributed by atoms with Crippen molar-refractivity contribution in [2.24, 2.45) is 5.92 Å². The smallest absolute Gasteiger partial charge is 0.241 e. The van der Waals surface area contributed by atoms with Crippen LogP contribution >= 0.6 is 0 Å². The van der Waals surface area contributed by atoms with Crippen molar-refractivity contribution >= 4 is 27.5 Å². The van der Waals surface area contributed by atoms with Crippen molar-refractivity contribution < 1.29 is 18.0 Å². The second-order valence-electron chi connectivity index (χ2n) is 8.50. The van der Waals surface area contributed by atoms with Gasteiger partial charge in [-0.25, -0.2) is 13.1 Å². The third-order valence-electron chi connectivity index (χ3n) is 4.81. The molecule has 7 nitrogen and oxygen atoms in total. The van der Waals surface area contributed by atoms with E-state index in [9.17, 15) is 18.0 Å². The average Bonchev–Trinajstić information content (AvgIpc) is 2.64. The van der Waals surface area contributed by atoms with Gasteiger partial charge in [-0.3, -0.25) is 9.59 Å². The highest BCUT2D eigenvalue weighted by molar-refractivity contribution is 7.89. The highest BCUT2D eigenvalue weighted by atomic mass is 32.2. The van der Waals surface area contributed by atoms with Crippen LogP contribution in [-0.2, 0) is 26.2 Å². The number of carbonyl (C=O) groups is 2. The molecule has 0 aliphatic rings. The number of hydrogen-bond donors (Lipinski definition) is 3. The van der Waals surface area contributed by atoms with E-state index in [1.165, 1.54) is 0 Å². The largest absolute Gasteiger partial charge is 0.352 e. The average molecular weight is 460 g/mol. The van der Waals surface area contributed by atoms with Crippen molar-refractivity contribution in [3.05, 3.63) is 58.7 Å². The van der Waals surface area contributed by atoms with E-state index in [1.54, 1.807) is 19.9 Å². The fraction of sp³-hybridized carbons (Fsp3) is 0.417. The van der Waals surface area contributed by atoms with Crippen LogP contribution < -0.4 is 15.4 Å². The highest BCUT2D eigenvalue weighted by Gasteiger charge is 2.19. The van der Waals surface area contributed by atoms with Crippen LogP contribution in [0.1, 0.15) is 48.9 Å². The van der Waals surface area contributed by atoms with Gasteiger partial charge < -0.3 is 10.6 Å². The van der Waals surface area contributed by atoms with Crippen molar-refractivity contribution in [3.63, 3.8) is 0 Å². The normalized spacial score (nSPS) is 11.4. The summed E-state index contributed by atoms with van der Waals surface area (Å²) in [5, 5.41) is 5.63. The maximum atomic E-state index is 12.7. The first-order chi connectivity index (χ1) is 15.0. The predicted molar refractivity (Wildman–Crippen MR) is 127 cm³/mol. The van der Waals surface area contributed by atoms with Gasteiger partial charge in [0.05, 0.1) is 4.90 Å². The topological polar surface area (TPSA) is 104 Å². The number of sulfonamides is 1. The Balaban J connectivity index is 1.85. The van der Waals surface area contributed by atoms with Crippen LogP contribution in [0.25, 0.3) is 0 Å². The second-order valence-corrected chi connectivity index (χ2v) is 10.2. The molecule has 0 fully saturated rings. The van der Waals surface area contributed by atoms with Gasteiger partial charge in [0.1, 0.15) is 0 Å². The number of nitrogens with one attached hydrogen (secondary N) is 3.